The fraction of sp³-hybridized carbons (Fsp3) is 0.500. The highest BCUT2D eigenvalue weighted by Crippen LogP contribution is 2.39. The fourth-order valence-electron chi connectivity index (χ4n) is 3.13. The minimum atomic E-state index is -0.937. The second-order valence-electron chi connectivity index (χ2n) is 5.85. The number of rotatable bonds is 3. The average molecular weight is 273 g/mol. The Hall–Kier alpha value is -1.84. The number of hydrogen-bond acceptors (Lipinski definition) is 2. The standard InChI is InChI=1S/C16H19NO3/c1-10(11-6-7-11)15(18)17-9-8-12-4-2-3-5-13(12)14(17)16(19)20/h2-5,10-11,14H,6-9H2,1H3,(H,19,20). The van der Waals surface area contributed by atoms with Crippen LogP contribution in [0.5, 0.6) is 0 Å². The van der Waals surface area contributed by atoms with E-state index in [4.69, 9.17) is 0 Å². The molecule has 2 atom stereocenters. The molecular weight excluding hydrogens is 254 g/mol. The van der Waals surface area contributed by atoms with Crippen molar-refractivity contribution >= 4 is 11.9 Å². The van der Waals surface area contributed by atoms with E-state index in [1.807, 2.05) is 31.2 Å². The summed E-state index contributed by atoms with van der Waals surface area (Å²) in [5.41, 5.74) is 1.81. The van der Waals surface area contributed by atoms with E-state index in [1.54, 1.807) is 4.90 Å². The molecule has 2 aliphatic rings. The molecule has 1 aliphatic carbocycles. The highest BCUT2D eigenvalue weighted by atomic mass is 16.4. The van der Waals surface area contributed by atoms with Gasteiger partial charge in [0.25, 0.3) is 0 Å². The summed E-state index contributed by atoms with van der Waals surface area (Å²) in [6, 6.07) is 6.72. The Morgan fingerprint density at radius 2 is 2.00 bits per heavy atom. The summed E-state index contributed by atoms with van der Waals surface area (Å²) in [5, 5.41) is 9.55. The van der Waals surface area contributed by atoms with Crippen LogP contribution in [-0.4, -0.2) is 28.4 Å². The molecule has 106 valence electrons. The third-order valence-electron chi connectivity index (χ3n) is 4.52. The summed E-state index contributed by atoms with van der Waals surface area (Å²) in [4.78, 5) is 25.8. The molecule has 1 heterocycles. The summed E-state index contributed by atoms with van der Waals surface area (Å²) in [6.07, 6.45) is 2.92. The highest BCUT2D eigenvalue weighted by Gasteiger charge is 2.41. The molecule has 1 aromatic rings. The van der Waals surface area contributed by atoms with Gasteiger partial charge in [-0.05, 0) is 36.3 Å². The van der Waals surface area contributed by atoms with E-state index in [0.717, 1.165) is 30.4 Å². The maximum absolute atomic E-state index is 12.6. The van der Waals surface area contributed by atoms with Crippen molar-refractivity contribution in [2.75, 3.05) is 6.54 Å². The third kappa shape index (κ3) is 2.19. The zero-order valence-corrected chi connectivity index (χ0v) is 11.6. The zero-order chi connectivity index (χ0) is 14.3. The second kappa shape index (κ2) is 4.93. The van der Waals surface area contributed by atoms with Crippen LogP contribution in [0, 0.1) is 11.8 Å². The number of hydrogen-bond donors (Lipinski definition) is 1. The van der Waals surface area contributed by atoms with Crippen molar-refractivity contribution in [2.45, 2.75) is 32.2 Å². The summed E-state index contributed by atoms with van der Waals surface area (Å²) < 4.78 is 0. The predicted octanol–water partition coefficient (Wildman–Crippen LogP) is 2.24. The normalized spacial score (nSPS) is 23.1. The number of amides is 1. The molecule has 3 rings (SSSR count). The molecule has 0 saturated heterocycles. The van der Waals surface area contributed by atoms with Gasteiger partial charge in [-0.25, -0.2) is 4.79 Å². The first-order valence-electron chi connectivity index (χ1n) is 7.20. The minimum absolute atomic E-state index is 0.00518. The first-order valence-corrected chi connectivity index (χ1v) is 7.20. The van der Waals surface area contributed by atoms with E-state index in [9.17, 15) is 14.7 Å². The van der Waals surface area contributed by atoms with E-state index in [-0.39, 0.29) is 11.8 Å². The number of carboxylic acid groups (broad SMARTS) is 1. The molecular formula is C16H19NO3. The Kier molecular flexibility index (Phi) is 3.24. The van der Waals surface area contributed by atoms with Crippen LogP contribution in [0.15, 0.2) is 24.3 Å². The van der Waals surface area contributed by atoms with Gasteiger partial charge in [0.15, 0.2) is 6.04 Å². The van der Waals surface area contributed by atoms with Crippen LogP contribution in [0.4, 0.5) is 0 Å². The quantitative estimate of drug-likeness (QED) is 0.919. The monoisotopic (exact) mass is 273 g/mol. The van der Waals surface area contributed by atoms with Crippen molar-refractivity contribution in [1.29, 1.82) is 0 Å². The lowest BCUT2D eigenvalue weighted by molar-refractivity contribution is -0.153. The molecule has 4 heteroatoms. The van der Waals surface area contributed by atoms with Gasteiger partial charge >= 0.3 is 5.97 Å². The smallest absolute Gasteiger partial charge is 0.331 e. The van der Waals surface area contributed by atoms with E-state index in [2.05, 4.69) is 0 Å². The number of fused-ring (bicyclic) bond motifs is 1. The van der Waals surface area contributed by atoms with Gasteiger partial charge in [0.2, 0.25) is 5.91 Å². The third-order valence-corrected chi connectivity index (χ3v) is 4.52. The summed E-state index contributed by atoms with van der Waals surface area (Å²) >= 11 is 0. The first kappa shape index (κ1) is 13.2. The molecule has 1 saturated carbocycles. The molecule has 2 unspecified atom stereocenters. The van der Waals surface area contributed by atoms with Crippen molar-refractivity contribution in [1.82, 2.24) is 4.90 Å². The fourth-order valence-corrected chi connectivity index (χ4v) is 3.13. The SMILES string of the molecule is CC(C(=O)N1CCc2ccccc2C1C(=O)O)C1CC1. The minimum Gasteiger partial charge on any atom is -0.479 e. The zero-order valence-electron chi connectivity index (χ0n) is 11.6. The Balaban J connectivity index is 1.91. The Morgan fingerprint density at radius 3 is 2.65 bits per heavy atom. The van der Waals surface area contributed by atoms with Crippen molar-refractivity contribution in [2.24, 2.45) is 11.8 Å². The Labute approximate surface area is 118 Å². The van der Waals surface area contributed by atoms with Gasteiger partial charge in [-0.1, -0.05) is 31.2 Å². The van der Waals surface area contributed by atoms with Crippen molar-refractivity contribution in [3.63, 3.8) is 0 Å². The van der Waals surface area contributed by atoms with Crippen LogP contribution in [0.3, 0.4) is 0 Å². The van der Waals surface area contributed by atoms with Gasteiger partial charge < -0.3 is 10.0 Å². The summed E-state index contributed by atoms with van der Waals surface area (Å²) in [7, 11) is 0. The van der Waals surface area contributed by atoms with Crippen molar-refractivity contribution < 1.29 is 14.7 Å². The lowest BCUT2D eigenvalue weighted by Crippen LogP contribution is -2.46. The van der Waals surface area contributed by atoms with Gasteiger partial charge in [0, 0.05) is 12.5 Å². The van der Waals surface area contributed by atoms with Crippen LogP contribution < -0.4 is 0 Å². The number of carboxylic acids is 1. The molecule has 4 nitrogen and oxygen atoms in total. The lowest BCUT2D eigenvalue weighted by atomic mass is 9.91. The van der Waals surface area contributed by atoms with Crippen LogP contribution in [-0.2, 0) is 16.0 Å². The predicted molar refractivity (Wildman–Crippen MR) is 74.1 cm³/mol. The molecule has 0 radical (unpaired) electrons. The average Bonchev–Trinajstić information content (AvgIpc) is 3.28. The Bertz CT molecular complexity index is 550. The van der Waals surface area contributed by atoms with Gasteiger partial charge in [0.1, 0.15) is 0 Å². The molecule has 0 spiro atoms. The molecule has 20 heavy (non-hydrogen) atoms. The molecule has 0 bridgehead atoms. The molecule has 1 amide bonds. The van der Waals surface area contributed by atoms with Crippen molar-refractivity contribution in [3.8, 4) is 0 Å². The van der Waals surface area contributed by atoms with Crippen LogP contribution >= 0.6 is 0 Å². The number of aliphatic carboxylic acids is 1. The van der Waals surface area contributed by atoms with Gasteiger partial charge in [-0.15, -0.1) is 0 Å². The summed E-state index contributed by atoms with van der Waals surface area (Å²) in [5.74, 6) is -0.542. The lowest BCUT2D eigenvalue weighted by Gasteiger charge is -2.36. The van der Waals surface area contributed by atoms with Crippen LogP contribution in [0.25, 0.3) is 0 Å². The van der Waals surface area contributed by atoms with E-state index in [1.165, 1.54) is 0 Å². The molecule has 1 aromatic carbocycles. The van der Waals surface area contributed by atoms with Gasteiger partial charge in [-0.2, -0.15) is 0 Å². The van der Waals surface area contributed by atoms with E-state index in [0.29, 0.717) is 12.5 Å². The second-order valence-corrected chi connectivity index (χ2v) is 5.85. The maximum atomic E-state index is 12.6. The maximum Gasteiger partial charge on any atom is 0.331 e. The van der Waals surface area contributed by atoms with Crippen LogP contribution in [0.1, 0.15) is 36.9 Å². The molecule has 1 fully saturated rings. The van der Waals surface area contributed by atoms with Gasteiger partial charge in [-0.3, -0.25) is 4.79 Å². The van der Waals surface area contributed by atoms with Gasteiger partial charge in [0.05, 0.1) is 0 Å². The first-order chi connectivity index (χ1) is 9.59. The van der Waals surface area contributed by atoms with E-state index >= 15 is 0 Å². The largest absolute Gasteiger partial charge is 0.479 e. The molecule has 1 aliphatic heterocycles. The topological polar surface area (TPSA) is 57.6 Å². The number of carbonyl (C=O) groups is 2. The van der Waals surface area contributed by atoms with E-state index < -0.39 is 12.0 Å². The molecule has 0 aromatic heterocycles. The van der Waals surface area contributed by atoms with Crippen molar-refractivity contribution in [3.05, 3.63) is 35.4 Å². The number of benzene rings is 1. The molecule has 1 N–H and O–H groups in total. The number of carbonyl (C=O) groups excluding carboxylic acids is 1. The van der Waals surface area contributed by atoms with Crippen LogP contribution in [0.2, 0.25) is 0 Å². The highest BCUT2D eigenvalue weighted by molar-refractivity contribution is 5.87. The summed E-state index contributed by atoms with van der Waals surface area (Å²) in [6.45, 7) is 2.43. The Morgan fingerprint density at radius 1 is 1.30 bits per heavy atom. The number of nitrogens with zero attached hydrogens (tertiary/aromatic N) is 1.